The number of amides is 1. The van der Waals surface area contributed by atoms with Crippen LogP contribution >= 0.6 is 23.2 Å². The van der Waals surface area contributed by atoms with Gasteiger partial charge >= 0.3 is 0 Å². The Morgan fingerprint density at radius 3 is 2.63 bits per heavy atom. The highest BCUT2D eigenvalue weighted by molar-refractivity contribution is 6.42. The summed E-state index contributed by atoms with van der Waals surface area (Å²) in [6, 6.07) is 5.39. The molecule has 1 amide bonds. The Morgan fingerprint density at radius 2 is 2.05 bits per heavy atom. The molecule has 0 saturated heterocycles. The second-order valence-corrected chi connectivity index (χ2v) is 5.52. The third kappa shape index (κ3) is 5.81. The van der Waals surface area contributed by atoms with Gasteiger partial charge < -0.3 is 10.0 Å². The Kier molecular flexibility index (Phi) is 6.63. The van der Waals surface area contributed by atoms with E-state index >= 15 is 0 Å². The summed E-state index contributed by atoms with van der Waals surface area (Å²) < 4.78 is 0. The first-order chi connectivity index (χ1) is 8.90. The third-order valence-electron chi connectivity index (χ3n) is 2.92. The summed E-state index contributed by atoms with van der Waals surface area (Å²) in [6.07, 6.45) is 1.27. The van der Waals surface area contributed by atoms with Crippen molar-refractivity contribution in [2.75, 3.05) is 13.6 Å². The van der Waals surface area contributed by atoms with Gasteiger partial charge in [-0.3, -0.25) is 4.79 Å². The van der Waals surface area contributed by atoms with Gasteiger partial charge in [0, 0.05) is 20.0 Å². The molecule has 1 N–H and O–H groups in total. The van der Waals surface area contributed by atoms with E-state index in [1.165, 1.54) is 0 Å². The van der Waals surface area contributed by atoms with Crippen LogP contribution in [0.5, 0.6) is 0 Å². The summed E-state index contributed by atoms with van der Waals surface area (Å²) >= 11 is 11.8. The molecule has 5 heteroatoms. The predicted molar refractivity (Wildman–Crippen MR) is 78.7 cm³/mol. The van der Waals surface area contributed by atoms with Crippen LogP contribution in [-0.2, 0) is 11.2 Å². The number of rotatable bonds is 6. The van der Waals surface area contributed by atoms with E-state index in [1.54, 1.807) is 31.0 Å². The van der Waals surface area contributed by atoms with Crippen molar-refractivity contribution >= 4 is 29.1 Å². The number of carbonyl (C=O) groups excluding carboxylic acids is 1. The van der Waals surface area contributed by atoms with Crippen LogP contribution in [0.15, 0.2) is 18.2 Å². The van der Waals surface area contributed by atoms with E-state index in [2.05, 4.69) is 0 Å². The molecule has 0 heterocycles. The van der Waals surface area contributed by atoms with E-state index in [9.17, 15) is 9.90 Å². The SMILES string of the molecule is CC(O)CCN(C)C(=O)CCc1ccc(Cl)c(Cl)c1. The van der Waals surface area contributed by atoms with E-state index in [0.29, 0.717) is 35.9 Å². The fourth-order valence-electron chi connectivity index (χ4n) is 1.64. The molecule has 1 aromatic rings. The standard InChI is InChI=1S/C14H19Cl2NO2/c1-10(18)7-8-17(2)14(19)6-4-11-3-5-12(15)13(16)9-11/h3,5,9-10,18H,4,6-8H2,1-2H3. The van der Waals surface area contributed by atoms with E-state index < -0.39 is 0 Å². The first-order valence-corrected chi connectivity index (χ1v) is 7.01. The highest BCUT2D eigenvalue weighted by Crippen LogP contribution is 2.23. The lowest BCUT2D eigenvalue weighted by molar-refractivity contribution is -0.130. The number of hydrogen-bond donors (Lipinski definition) is 1. The molecule has 1 unspecified atom stereocenters. The van der Waals surface area contributed by atoms with Crippen molar-refractivity contribution in [2.45, 2.75) is 32.3 Å². The summed E-state index contributed by atoms with van der Waals surface area (Å²) in [5.41, 5.74) is 0.992. The molecule has 0 aliphatic carbocycles. The molecule has 0 aliphatic heterocycles. The molecule has 0 saturated carbocycles. The third-order valence-corrected chi connectivity index (χ3v) is 3.66. The van der Waals surface area contributed by atoms with Gasteiger partial charge in [-0.1, -0.05) is 29.3 Å². The maximum absolute atomic E-state index is 11.9. The van der Waals surface area contributed by atoms with Crippen molar-refractivity contribution in [3.05, 3.63) is 33.8 Å². The first-order valence-electron chi connectivity index (χ1n) is 6.26. The van der Waals surface area contributed by atoms with E-state index in [-0.39, 0.29) is 12.0 Å². The second-order valence-electron chi connectivity index (χ2n) is 4.70. The van der Waals surface area contributed by atoms with Gasteiger partial charge in [0.1, 0.15) is 0 Å². The molecule has 0 radical (unpaired) electrons. The van der Waals surface area contributed by atoms with Crippen molar-refractivity contribution in [2.24, 2.45) is 0 Å². The zero-order valence-corrected chi connectivity index (χ0v) is 12.7. The molecule has 1 aromatic carbocycles. The summed E-state index contributed by atoms with van der Waals surface area (Å²) in [5.74, 6) is 0.0618. The molecule has 19 heavy (non-hydrogen) atoms. The molecule has 0 fully saturated rings. The molecule has 1 rings (SSSR count). The van der Waals surface area contributed by atoms with E-state index in [4.69, 9.17) is 23.2 Å². The lowest BCUT2D eigenvalue weighted by atomic mass is 10.1. The Bertz CT molecular complexity index is 435. The van der Waals surface area contributed by atoms with Crippen molar-refractivity contribution in [3.63, 3.8) is 0 Å². The molecule has 3 nitrogen and oxygen atoms in total. The Morgan fingerprint density at radius 1 is 1.37 bits per heavy atom. The van der Waals surface area contributed by atoms with Crippen LogP contribution in [0.25, 0.3) is 0 Å². The predicted octanol–water partition coefficient (Wildman–Crippen LogP) is 3.16. The molecule has 0 aromatic heterocycles. The minimum Gasteiger partial charge on any atom is -0.393 e. The monoisotopic (exact) mass is 303 g/mol. The van der Waals surface area contributed by atoms with Gasteiger partial charge in [0.15, 0.2) is 0 Å². The lowest BCUT2D eigenvalue weighted by Gasteiger charge is -2.18. The molecule has 0 spiro atoms. The Hall–Kier alpha value is -0.770. The van der Waals surface area contributed by atoms with Crippen LogP contribution in [0, 0.1) is 0 Å². The number of halogens is 2. The maximum Gasteiger partial charge on any atom is 0.222 e. The van der Waals surface area contributed by atoms with Gasteiger partial charge in [0.2, 0.25) is 5.91 Å². The number of aryl methyl sites for hydroxylation is 1. The van der Waals surface area contributed by atoms with Crippen LogP contribution in [0.4, 0.5) is 0 Å². The summed E-state index contributed by atoms with van der Waals surface area (Å²) in [6.45, 7) is 2.28. The van der Waals surface area contributed by atoms with Crippen molar-refractivity contribution in [1.29, 1.82) is 0 Å². The normalized spacial score (nSPS) is 12.3. The van der Waals surface area contributed by atoms with Crippen molar-refractivity contribution in [1.82, 2.24) is 4.90 Å². The summed E-state index contributed by atoms with van der Waals surface area (Å²) in [7, 11) is 1.75. The Labute approximate surface area is 124 Å². The Balaban J connectivity index is 2.42. The van der Waals surface area contributed by atoms with E-state index in [1.807, 2.05) is 6.07 Å². The lowest BCUT2D eigenvalue weighted by Crippen LogP contribution is -2.29. The molecule has 1 atom stereocenters. The number of aliphatic hydroxyl groups is 1. The number of aliphatic hydroxyl groups excluding tert-OH is 1. The number of carbonyl (C=O) groups is 1. The van der Waals surface area contributed by atoms with Crippen LogP contribution in [0.2, 0.25) is 10.0 Å². The van der Waals surface area contributed by atoms with Crippen LogP contribution in [0.1, 0.15) is 25.3 Å². The fraction of sp³-hybridized carbons (Fsp3) is 0.500. The minimum absolute atomic E-state index is 0.0618. The number of nitrogens with zero attached hydrogens (tertiary/aromatic N) is 1. The van der Waals surface area contributed by atoms with Gasteiger partial charge in [0.05, 0.1) is 16.1 Å². The van der Waals surface area contributed by atoms with Gasteiger partial charge in [-0.15, -0.1) is 0 Å². The summed E-state index contributed by atoms with van der Waals surface area (Å²) in [4.78, 5) is 13.5. The zero-order chi connectivity index (χ0) is 14.4. The zero-order valence-electron chi connectivity index (χ0n) is 11.2. The quantitative estimate of drug-likeness (QED) is 0.877. The number of hydrogen-bond acceptors (Lipinski definition) is 2. The first kappa shape index (κ1) is 16.3. The molecule has 0 aliphatic rings. The second kappa shape index (κ2) is 7.73. The fourth-order valence-corrected chi connectivity index (χ4v) is 1.96. The molecular formula is C14H19Cl2NO2. The maximum atomic E-state index is 11.9. The van der Waals surface area contributed by atoms with E-state index in [0.717, 1.165) is 5.56 Å². The van der Waals surface area contributed by atoms with Crippen LogP contribution < -0.4 is 0 Å². The topological polar surface area (TPSA) is 40.5 Å². The minimum atomic E-state index is -0.384. The van der Waals surface area contributed by atoms with Gasteiger partial charge in [-0.05, 0) is 37.5 Å². The van der Waals surface area contributed by atoms with Crippen molar-refractivity contribution in [3.8, 4) is 0 Å². The highest BCUT2D eigenvalue weighted by Gasteiger charge is 2.10. The number of benzene rings is 1. The average Bonchev–Trinajstić information content (AvgIpc) is 2.36. The van der Waals surface area contributed by atoms with Gasteiger partial charge in [-0.25, -0.2) is 0 Å². The van der Waals surface area contributed by atoms with Crippen LogP contribution in [0.3, 0.4) is 0 Å². The highest BCUT2D eigenvalue weighted by atomic mass is 35.5. The van der Waals surface area contributed by atoms with Gasteiger partial charge in [-0.2, -0.15) is 0 Å². The van der Waals surface area contributed by atoms with Gasteiger partial charge in [0.25, 0.3) is 0 Å². The largest absolute Gasteiger partial charge is 0.393 e. The average molecular weight is 304 g/mol. The molecule has 0 bridgehead atoms. The summed E-state index contributed by atoms with van der Waals surface area (Å²) in [5, 5.41) is 10.2. The molecule has 106 valence electrons. The smallest absolute Gasteiger partial charge is 0.222 e. The molecular weight excluding hydrogens is 285 g/mol. The van der Waals surface area contributed by atoms with Crippen LogP contribution in [-0.4, -0.2) is 35.6 Å². The van der Waals surface area contributed by atoms with Crippen molar-refractivity contribution < 1.29 is 9.90 Å².